The summed E-state index contributed by atoms with van der Waals surface area (Å²) in [6.45, 7) is 4.12. The first-order chi connectivity index (χ1) is 11.5. The van der Waals surface area contributed by atoms with E-state index in [0.717, 1.165) is 5.56 Å². The minimum atomic E-state index is -0.868. The van der Waals surface area contributed by atoms with Crippen molar-refractivity contribution >= 4 is 11.9 Å². The molecule has 126 valence electrons. The van der Waals surface area contributed by atoms with Crippen molar-refractivity contribution in [1.29, 1.82) is 0 Å². The Bertz CT molecular complexity index is 734. The Hall–Kier alpha value is -2.63. The zero-order chi connectivity index (χ0) is 17.3. The second-order valence-electron chi connectivity index (χ2n) is 6.29. The summed E-state index contributed by atoms with van der Waals surface area (Å²) in [5, 5.41) is 13.3. The van der Waals surface area contributed by atoms with E-state index in [0.29, 0.717) is 30.0 Å². The van der Waals surface area contributed by atoms with Gasteiger partial charge in [-0.15, -0.1) is 0 Å². The fourth-order valence-electron chi connectivity index (χ4n) is 3.36. The van der Waals surface area contributed by atoms with Crippen molar-refractivity contribution in [3.8, 4) is 0 Å². The van der Waals surface area contributed by atoms with E-state index in [4.69, 9.17) is 4.52 Å². The summed E-state index contributed by atoms with van der Waals surface area (Å²) >= 11 is 0. The van der Waals surface area contributed by atoms with E-state index >= 15 is 0 Å². The number of aromatic nitrogens is 1. The summed E-state index contributed by atoms with van der Waals surface area (Å²) in [7, 11) is 0. The van der Waals surface area contributed by atoms with E-state index in [2.05, 4.69) is 5.16 Å². The standard InChI is InChI=1S/C18H20N2O4/c1-11-16(12(2)24-19-11)17(21)20-9-14(8-15(10-20)18(22)23)13-6-4-3-5-7-13/h3-7,14-15H,8-10H2,1-2H3,(H,22,23). The number of carboxylic acid groups (broad SMARTS) is 1. The van der Waals surface area contributed by atoms with Gasteiger partial charge in [-0.3, -0.25) is 9.59 Å². The van der Waals surface area contributed by atoms with Crippen LogP contribution in [0.2, 0.25) is 0 Å². The van der Waals surface area contributed by atoms with Gasteiger partial charge in [0.2, 0.25) is 0 Å². The molecule has 0 spiro atoms. The number of rotatable bonds is 3. The van der Waals surface area contributed by atoms with E-state index in [9.17, 15) is 14.7 Å². The van der Waals surface area contributed by atoms with E-state index in [-0.39, 0.29) is 18.4 Å². The van der Waals surface area contributed by atoms with Crippen LogP contribution in [0.3, 0.4) is 0 Å². The molecule has 2 aromatic rings. The van der Waals surface area contributed by atoms with Gasteiger partial charge < -0.3 is 14.5 Å². The van der Waals surface area contributed by atoms with E-state index in [1.54, 1.807) is 18.7 Å². The fraction of sp³-hybridized carbons (Fsp3) is 0.389. The number of amides is 1. The van der Waals surface area contributed by atoms with Crippen molar-refractivity contribution < 1.29 is 19.2 Å². The van der Waals surface area contributed by atoms with Crippen molar-refractivity contribution in [2.75, 3.05) is 13.1 Å². The topological polar surface area (TPSA) is 83.6 Å². The zero-order valence-corrected chi connectivity index (χ0v) is 13.7. The summed E-state index contributed by atoms with van der Waals surface area (Å²) in [6, 6.07) is 9.75. The van der Waals surface area contributed by atoms with Crippen LogP contribution in [-0.4, -0.2) is 40.1 Å². The average molecular weight is 328 g/mol. The largest absolute Gasteiger partial charge is 0.481 e. The van der Waals surface area contributed by atoms with Gasteiger partial charge in [-0.25, -0.2) is 0 Å². The van der Waals surface area contributed by atoms with Crippen molar-refractivity contribution in [2.45, 2.75) is 26.2 Å². The third-order valence-corrected chi connectivity index (χ3v) is 4.61. The number of likely N-dealkylation sites (tertiary alicyclic amines) is 1. The van der Waals surface area contributed by atoms with Crippen LogP contribution in [0, 0.1) is 19.8 Å². The van der Waals surface area contributed by atoms with Crippen molar-refractivity contribution in [2.24, 2.45) is 5.92 Å². The highest BCUT2D eigenvalue weighted by atomic mass is 16.5. The smallest absolute Gasteiger partial charge is 0.308 e. The summed E-state index contributed by atoms with van der Waals surface area (Å²) in [4.78, 5) is 26.0. The quantitative estimate of drug-likeness (QED) is 0.936. The summed E-state index contributed by atoms with van der Waals surface area (Å²) in [5.41, 5.74) is 2.03. The average Bonchev–Trinajstić information content (AvgIpc) is 2.93. The maximum Gasteiger partial charge on any atom is 0.308 e. The molecule has 1 aliphatic heterocycles. The Morgan fingerprint density at radius 1 is 1.21 bits per heavy atom. The number of hydrogen-bond acceptors (Lipinski definition) is 4. The molecule has 0 radical (unpaired) electrons. The zero-order valence-electron chi connectivity index (χ0n) is 13.7. The molecule has 1 amide bonds. The molecule has 1 fully saturated rings. The maximum absolute atomic E-state index is 12.9. The van der Waals surface area contributed by atoms with Crippen LogP contribution in [-0.2, 0) is 4.79 Å². The highest BCUT2D eigenvalue weighted by Crippen LogP contribution is 2.31. The molecule has 3 rings (SSSR count). The molecule has 1 aromatic heterocycles. The second kappa shape index (κ2) is 6.47. The lowest BCUT2D eigenvalue weighted by molar-refractivity contribution is -0.143. The van der Waals surface area contributed by atoms with Crippen LogP contribution in [0.15, 0.2) is 34.9 Å². The molecular formula is C18H20N2O4. The van der Waals surface area contributed by atoms with Crippen LogP contribution in [0.1, 0.15) is 39.7 Å². The van der Waals surface area contributed by atoms with Crippen LogP contribution in [0.5, 0.6) is 0 Å². The van der Waals surface area contributed by atoms with Gasteiger partial charge in [0.15, 0.2) is 0 Å². The monoisotopic (exact) mass is 328 g/mol. The first kappa shape index (κ1) is 16.2. The lowest BCUT2D eigenvalue weighted by Crippen LogP contribution is -2.45. The Balaban J connectivity index is 1.89. The van der Waals surface area contributed by atoms with E-state index in [1.165, 1.54) is 0 Å². The predicted octanol–water partition coefficient (Wildman–Crippen LogP) is 2.62. The maximum atomic E-state index is 12.9. The first-order valence-electron chi connectivity index (χ1n) is 7.97. The second-order valence-corrected chi connectivity index (χ2v) is 6.29. The number of piperidine rings is 1. The van der Waals surface area contributed by atoms with Crippen LogP contribution in [0.25, 0.3) is 0 Å². The molecule has 2 unspecified atom stereocenters. The lowest BCUT2D eigenvalue weighted by Gasteiger charge is -2.36. The Labute approximate surface area is 140 Å². The number of carboxylic acids is 1. The Morgan fingerprint density at radius 2 is 1.92 bits per heavy atom. The highest BCUT2D eigenvalue weighted by Gasteiger charge is 2.36. The number of aliphatic carboxylic acids is 1. The Kier molecular flexibility index (Phi) is 4.38. The molecule has 2 atom stereocenters. The number of carbonyl (C=O) groups is 2. The van der Waals surface area contributed by atoms with Gasteiger partial charge in [-0.1, -0.05) is 35.5 Å². The lowest BCUT2D eigenvalue weighted by atomic mass is 9.84. The molecule has 1 aliphatic rings. The molecule has 1 saturated heterocycles. The molecular weight excluding hydrogens is 308 g/mol. The van der Waals surface area contributed by atoms with Crippen LogP contribution >= 0.6 is 0 Å². The number of carbonyl (C=O) groups excluding carboxylic acids is 1. The molecule has 2 heterocycles. The highest BCUT2D eigenvalue weighted by molar-refractivity contribution is 5.96. The molecule has 1 N–H and O–H groups in total. The van der Waals surface area contributed by atoms with Crippen LogP contribution in [0.4, 0.5) is 0 Å². The van der Waals surface area contributed by atoms with Gasteiger partial charge in [0, 0.05) is 19.0 Å². The third-order valence-electron chi connectivity index (χ3n) is 4.61. The SMILES string of the molecule is Cc1noc(C)c1C(=O)N1CC(C(=O)O)CC(c2ccccc2)C1. The minimum absolute atomic E-state index is 0.00507. The normalized spacial score (nSPS) is 20.8. The van der Waals surface area contributed by atoms with Crippen molar-refractivity contribution in [3.05, 3.63) is 52.9 Å². The van der Waals surface area contributed by atoms with Gasteiger partial charge in [0.05, 0.1) is 11.6 Å². The predicted molar refractivity (Wildman–Crippen MR) is 86.8 cm³/mol. The molecule has 6 nitrogen and oxygen atoms in total. The summed E-state index contributed by atoms with van der Waals surface area (Å²) in [6.07, 6.45) is 0.532. The van der Waals surface area contributed by atoms with Gasteiger partial charge >= 0.3 is 5.97 Å². The fourth-order valence-corrected chi connectivity index (χ4v) is 3.36. The third kappa shape index (κ3) is 3.04. The Morgan fingerprint density at radius 3 is 2.50 bits per heavy atom. The number of nitrogens with zero attached hydrogens (tertiary/aromatic N) is 2. The van der Waals surface area contributed by atoms with Gasteiger partial charge in [-0.2, -0.15) is 0 Å². The van der Waals surface area contributed by atoms with E-state index in [1.807, 2.05) is 30.3 Å². The molecule has 0 aliphatic carbocycles. The molecule has 0 bridgehead atoms. The molecule has 0 saturated carbocycles. The molecule has 24 heavy (non-hydrogen) atoms. The summed E-state index contributed by atoms with van der Waals surface area (Å²) in [5.74, 6) is -1.18. The number of aryl methyl sites for hydroxylation is 2. The first-order valence-corrected chi connectivity index (χ1v) is 7.97. The molecule has 1 aromatic carbocycles. The van der Waals surface area contributed by atoms with Crippen molar-refractivity contribution in [3.63, 3.8) is 0 Å². The van der Waals surface area contributed by atoms with Gasteiger partial charge in [0.25, 0.3) is 5.91 Å². The minimum Gasteiger partial charge on any atom is -0.481 e. The van der Waals surface area contributed by atoms with Gasteiger partial charge in [0.1, 0.15) is 11.3 Å². The van der Waals surface area contributed by atoms with Gasteiger partial charge in [-0.05, 0) is 25.8 Å². The number of benzene rings is 1. The molecule has 6 heteroatoms. The summed E-state index contributed by atoms with van der Waals surface area (Å²) < 4.78 is 5.08. The van der Waals surface area contributed by atoms with Crippen molar-refractivity contribution in [1.82, 2.24) is 10.1 Å². The number of hydrogen-bond donors (Lipinski definition) is 1. The van der Waals surface area contributed by atoms with E-state index < -0.39 is 11.9 Å². The van der Waals surface area contributed by atoms with Crippen LogP contribution < -0.4 is 0 Å².